The van der Waals surface area contributed by atoms with Crippen molar-refractivity contribution in [1.82, 2.24) is 9.88 Å². The van der Waals surface area contributed by atoms with Gasteiger partial charge in [0.1, 0.15) is 5.82 Å². The first kappa shape index (κ1) is 15.7. The first-order valence-corrected chi connectivity index (χ1v) is 8.33. The molecule has 1 aliphatic heterocycles. The van der Waals surface area contributed by atoms with E-state index < -0.39 is 0 Å². The Morgan fingerprint density at radius 3 is 2.76 bits per heavy atom. The minimum atomic E-state index is -0.358. The predicted molar refractivity (Wildman–Crippen MR) is 90.3 cm³/mol. The van der Waals surface area contributed by atoms with Gasteiger partial charge in [0.15, 0.2) is 0 Å². The molecule has 0 radical (unpaired) electrons. The minimum Gasteiger partial charge on any atom is -0.338 e. The van der Waals surface area contributed by atoms with E-state index in [9.17, 15) is 14.0 Å². The van der Waals surface area contributed by atoms with Gasteiger partial charge in [0.05, 0.1) is 11.9 Å². The molecule has 2 atom stereocenters. The molecule has 5 nitrogen and oxygen atoms in total. The molecule has 25 heavy (non-hydrogen) atoms. The highest BCUT2D eigenvalue weighted by atomic mass is 19.1. The lowest BCUT2D eigenvalue weighted by atomic mass is 10.0. The van der Waals surface area contributed by atoms with Crippen LogP contribution in [0.4, 0.5) is 10.1 Å². The van der Waals surface area contributed by atoms with E-state index in [1.807, 2.05) is 0 Å². The molecule has 1 saturated carbocycles. The van der Waals surface area contributed by atoms with E-state index in [1.165, 1.54) is 24.3 Å². The van der Waals surface area contributed by atoms with E-state index in [1.54, 1.807) is 29.4 Å². The van der Waals surface area contributed by atoms with Gasteiger partial charge < -0.3 is 10.2 Å². The van der Waals surface area contributed by atoms with Gasteiger partial charge in [-0.15, -0.1) is 0 Å². The maximum Gasteiger partial charge on any atom is 0.253 e. The summed E-state index contributed by atoms with van der Waals surface area (Å²) in [6, 6.07) is 9.17. The van der Waals surface area contributed by atoms with Crippen LogP contribution >= 0.6 is 0 Å². The minimum absolute atomic E-state index is 0.0101. The predicted octanol–water partition coefficient (Wildman–Crippen LogP) is 2.71. The Labute approximate surface area is 144 Å². The van der Waals surface area contributed by atoms with E-state index in [-0.39, 0.29) is 29.0 Å². The number of carbonyl (C=O) groups excluding carboxylic acids is 2. The van der Waals surface area contributed by atoms with Gasteiger partial charge in [-0.05, 0) is 49.2 Å². The number of pyridine rings is 1. The quantitative estimate of drug-likeness (QED) is 0.935. The molecule has 2 amide bonds. The molecule has 4 rings (SSSR count). The number of hydrogen-bond donors (Lipinski definition) is 1. The lowest BCUT2D eigenvalue weighted by Crippen LogP contribution is -2.30. The molecule has 2 aromatic rings. The maximum absolute atomic E-state index is 13.0. The van der Waals surface area contributed by atoms with Gasteiger partial charge in [0.2, 0.25) is 5.91 Å². The number of likely N-dealkylation sites (tertiary alicyclic amines) is 1. The number of carbonyl (C=O) groups is 2. The van der Waals surface area contributed by atoms with Crippen molar-refractivity contribution in [3.63, 3.8) is 0 Å². The van der Waals surface area contributed by atoms with Gasteiger partial charge in [-0.3, -0.25) is 14.6 Å². The van der Waals surface area contributed by atoms with Crippen LogP contribution in [0.1, 0.15) is 23.2 Å². The molecule has 1 aromatic carbocycles. The van der Waals surface area contributed by atoms with E-state index in [4.69, 9.17) is 0 Å². The highest BCUT2D eigenvalue weighted by molar-refractivity contribution is 5.96. The summed E-state index contributed by atoms with van der Waals surface area (Å²) in [5.41, 5.74) is 1.06. The van der Waals surface area contributed by atoms with Gasteiger partial charge in [0.25, 0.3) is 5.91 Å². The molecule has 2 heterocycles. The van der Waals surface area contributed by atoms with Gasteiger partial charge in [0, 0.05) is 36.2 Å². The number of hydrogen-bond acceptors (Lipinski definition) is 3. The zero-order chi connectivity index (χ0) is 17.4. The molecule has 1 saturated heterocycles. The smallest absolute Gasteiger partial charge is 0.253 e. The van der Waals surface area contributed by atoms with Crippen LogP contribution in [0.5, 0.6) is 0 Å². The number of halogens is 1. The van der Waals surface area contributed by atoms with Crippen molar-refractivity contribution in [2.45, 2.75) is 12.8 Å². The standard InChI is InChI=1S/C19H18FN3O2/c20-14-5-3-13(4-6-14)18(25)23-9-7-19(12-23)10-16(19)17(24)22-15-2-1-8-21-11-15/h1-6,8,11,16H,7,9-10,12H2,(H,22,24)/t16-,19+/m0/s1. The number of nitrogens with one attached hydrogen (secondary N) is 1. The number of benzene rings is 1. The van der Waals surface area contributed by atoms with Crippen LogP contribution < -0.4 is 5.32 Å². The number of nitrogens with zero attached hydrogens (tertiary/aromatic N) is 2. The van der Waals surface area contributed by atoms with Crippen LogP contribution in [0.15, 0.2) is 48.8 Å². The molecule has 2 aliphatic rings. The Hall–Kier alpha value is -2.76. The lowest BCUT2D eigenvalue weighted by molar-refractivity contribution is -0.118. The summed E-state index contributed by atoms with van der Waals surface area (Å²) in [5, 5.41) is 2.89. The topological polar surface area (TPSA) is 62.3 Å². The normalized spacial score (nSPS) is 24.4. The summed E-state index contributed by atoms with van der Waals surface area (Å²) in [5.74, 6) is -0.540. The molecule has 2 fully saturated rings. The van der Waals surface area contributed by atoms with Gasteiger partial charge in [-0.2, -0.15) is 0 Å². The van der Waals surface area contributed by atoms with Crippen LogP contribution in [0.25, 0.3) is 0 Å². The van der Waals surface area contributed by atoms with Gasteiger partial charge in [-0.25, -0.2) is 4.39 Å². The van der Waals surface area contributed by atoms with Crippen molar-refractivity contribution < 1.29 is 14.0 Å². The second-order valence-corrected chi connectivity index (χ2v) is 6.83. The largest absolute Gasteiger partial charge is 0.338 e. The van der Waals surface area contributed by atoms with E-state index in [2.05, 4.69) is 10.3 Å². The van der Waals surface area contributed by atoms with Crippen molar-refractivity contribution in [3.8, 4) is 0 Å². The Morgan fingerprint density at radius 1 is 1.24 bits per heavy atom. The first-order chi connectivity index (χ1) is 12.1. The van der Waals surface area contributed by atoms with Crippen molar-refractivity contribution in [2.24, 2.45) is 11.3 Å². The molecule has 1 aliphatic carbocycles. The van der Waals surface area contributed by atoms with Crippen LogP contribution in [0.3, 0.4) is 0 Å². The third kappa shape index (κ3) is 2.99. The van der Waals surface area contributed by atoms with E-state index in [0.29, 0.717) is 24.3 Å². The Kier molecular flexibility index (Phi) is 3.75. The third-order valence-corrected chi connectivity index (χ3v) is 5.20. The summed E-state index contributed by atoms with van der Waals surface area (Å²) in [6.45, 7) is 1.21. The zero-order valence-corrected chi connectivity index (χ0v) is 13.6. The Morgan fingerprint density at radius 2 is 2.04 bits per heavy atom. The molecule has 1 N–H and O–H groups in total. The molecule has 6 heteroatoms. The molecule has 0 bridgehead atoms. The highest BCUT2D eigenvalue weighted by Gasteiger charge is 2.61. The molecule has 0 unspecified atom stereocenters. The fourth-order valence-electron chi connectivity index (χ4n) is 3.68. The lowest BCUT2D eigenvalue weighted by Gasteiger charge is -2.17. The Bertz CT molecular complexity index is 809. The summed E-state index contributed by atoms with van der Waals surface area (Å²) in [7, 11) is 0. The average molecular weight is 339 g/mol. The molecule has 1 spiro atoms. The second kappa shape index (κ2) is 5.95. The summed E-state index contributed by atoms with van der Waals surface area (Å²) in [6.07, 6.45) is 4.90. The first-order valence-electron chi connectivity index (χ1n) is 8.33. The van der Waals surface area contributed by atoms with Crippen LogP contribution in [-0.2, 0) is 4.79 Å². The molecule has 1 aromatic heterocycles. The average Bonchev–Trinajstić information content (AvgIpc) is 3.16. The van der Waals surface area contributed by atoms with Crippen molar-refractivity contribution in [3.05, 3.63) is 60.2 Å². The third-order valence-electron chi connectivity index (χ3n) is 5.20. The monoisotopic (exact) mass is 339 g/mol. The number of rotatable bonds is 3. The Balaban J connectivity index is 1.39. The summed E-state index contributed by atoms with van der Waals surface area (Å²) in [4.78, 5) is 30.7. The van der Waals surface area contributed by atoms with Gasteiger partial charge in [-0.1, -0.05) is 0 Å². The van der Waals surface area contributed by atoms with Gasteiger partial charge >= 0.3 is 0 Å². The summed E-state index contributed by atoms with van der Waals surface area (Å²) < 4.78 is 13.0. The van der Waals surface area contributed by atoms with Crippen LogP contribution in [0.2, 0.25) is 0 Å². The van der Waals surface area contributed by atoms with Crippen molar-refractivity contribution in [1.29, 1.82) is 0 Å². The van der Waals surface area contributed by atoms with Crippen molar-refractivity contribution in [2.75, 3.05) is 18.4 Å². The number of amides is 2. The maximum atomic E-state index is 13.0. The molecular formula is C19H18FN3O2. The fourth-order valence-corrected chi connectivity index (χ4v) is 3.68. The number of aromatic nitrogens is 1. The SMILES string of the molecule is O=C(Nc1cccnc1)[C@@H]1C[C@@]12CCN(C(=O)c1ccc(F)cc1)C2. The zero-order valence-electron chi connectivity index (χ0n) is 13.6. The van der Waals surface area contributed by atoms with E-state index >= 15 is 0 Å². The summed E-state index contributed by atoms with van der Waals surface area (Å²) >= 11 is 0. The highest BCUT2D eigenvalue weighted by Crippen LogP contribution is 2.58. The second-order valence-electron chi connectivity index (χ2n) is 6.83. The van der Waals surface area contributed by atoms with Crippen LogP contribution in [0, 0.1) is 17.2 Å². The van der Waals surface area contributed by atoms with E-state index in [0.717, 1.165) is 12.8 Å². The van der Waals surface area contributed by atoms with Crippen LogP contribution in [-0.4, -0.2) is 34.8 Å². The number of anilines is 1. The fraction of sp³-hybridized carbons (Fsp3) is 0.316. The van der Waals surface area contributed by atoms with Crippen molar-refractivity contribution >= 4 is 17.5 Å². The molecule has 128 valence electrons. The molecular weight excluding hydrogens is 321 g/mol.